The molecule has 1 atom stereocenters. The number of carbonyl (C=O) groups excluding carboxylic acids is 2. The van der Waals surface area contributed by atoms with Gasteiger partial charge in [0.15, 0.2) is 0 Å². The summed E-state index contributed by atoms with van der Waals surface area (Å²) in [5, 5.41) is 8.53. The van der Waals surface area contributed by atoms with E-state index in [4.69, 9.17) is 4.74 Å². The number of methoxy groups -OCH3 is 1. The zero-order chi connectivity index (χ0) is 13.4. The molecule has 0 spiro atoms. The van der Waals surface area contributed by atoms with Crippen LogP contribution in [0.1, 0.15) is 26.2 Å². The summed E-state index contributed by atoms with van der Waals surface area (Å²) >= 11 is 0. The van der Waals surface area contributed by atoms with Gasteiger partial charge in [-0.3, -0.25) is 9.59 Å². The first-order chi connectivity index (χ1) is 8.58. The van der Waals surface area contributed by atoms with Gasteiger partial charge in [0, 0.05) is 13.7 Å². The number of rotatable bonds is 6. The van der Waals surface area contributed by atoms with E-state index in [1.165, 1.54) is 0 Å². The maximum Gasteiger partial charge on any atom is 0.240 e. The van der Waals surface area contributed by atoms with Gasteiger partial charge in [-0.05, 0) is 32.7 Å². The number of hydrogen-bond acceptors (Lipinski definition) is 4. The van der Waals surface area contributed by atoms with Gasteiger partial charge in [-0.2, -0.15) is 0 Å². The van der Waals surface area contributed by atoms with Gasteiger partial charge >= 0.3 is 0 Å². The predicted octanol–water partition coefficient (Wildman–Crippen LogP) is -0.603. The van der Waals surface area contributed by atoms with Gasteiger partial charge in [0.25, 0.3) is 0 Å². The first kappa shape index (κ1) is 14.9. The zero-order valence-electron chi connectivity index (χ0n) is 11.2. The lowest BCUT2D eigenvalue weighted by atomic mass is 9.90. The van der Waals surface area contributed by atoms with E-state index in [1.807, 2.05) is 6.92 Å². The van der Waals surface area contributed by atoms with Crippen molar-refractivity contribution in [1.29, 1.82) is 0 Å². The van der Waals surface area contributed by atoms with Crippen molar-refractivity contribution in [2.75, 3.05) is 33.4 Å². The molecule has 1 rings (SSSR count). The van der Waals surface area contributed by atoms with Crippen molar-refractivity contribution in [3.63, 3.8) is 0 Å². The lowest BCUT2D eigenvalue weighted by molar-refractivity contribution is -0.130. The second kappa shape index (κ2) is 7.33. The molecule has 104 valence electrons. The van der Waals surface area contributed by atoms with Crippen LogP contribution in [0, 0.1) is 0 Å². The van der Waals surface area contributed by atoms with E-state index in [2.05, 4.69) is 16.0 Å². The molecular weight excluding hydrogens is 234 g/mol. The molecule has 1 aliphatic rings. The Morgan fingerprint density at radius 2 is 2.11 bits per heavy atom. The van der Waals surface area contributed by atoms with Gasteiger partial charge in [-0.25, -0.2) is 0 Å². The lowest BCUT2D eigenvalue weighted by Crippen LogP contribution is -2.58. The van der Waals surface area contributed by atoms with Crippen molar-refractivity contribution in [1.82, 2.24) is 16.0 Å². The van der Waals surface area contributed by atoms with Crippen molar-refractivity contribution in [3.05, 3.63) is 0 Å². The van der Waals surface area contributed by atoms with Crippen LogP contribution in [0.2, 0.25) is 0 Å². The molecule has 6 nitrogen and oxygen atoms in total. The normalized spacial score (nSPS) is 23.4. The molecule has 2 amide bonds. The molecule has 1 heterocycles. The Balaban J connectivity index is 2.25. The molecule has 0 aromatic heterocycles. The summed E-state index contributed by atoms with van der Waals surface area (Å²) in [4.78, 5) is 23.4. The van der Waals surface area contributed by atoms with Gasteiger partial charge in [0.05, 0.1) is 18.7 Å². The largest absolute Gasteiger partial charge is 0.383 e. The highest BCUT2D eigenvalue weighted by molar-refractivity contribution is 5.90. The SMILES string of the molecule is COCCNC(=O)CNC(=O)C1(C)CCCCN1. The average molecular weight is 257 g/mol. The molecule has 1 saturated heterocycles. The minimum atomic E-state index is -0.537. The van der Waals surface area contributed by atoms with Gasteiger partial charge in [0.1, 0.15) is 0 Å². The molecule has 0 saturated carbocycles. The summed E-state index contributed by atoms with van der Waals surface area (Å²) in [6, 6.07) is 0. The monoisotopic (exact) mass is 257 g/mol. The lowest BCUT2D eigenvalue weighted by Gasteiger charge is -2.33. The molecular formula is C12H23N3O3. The van der Waals surface area contributed by atoms with Crippen LogP contribution < -0.4 is 16.0 Å². The number of nitrogens with one attached hydrogen (secondary N) is 3. The van der Waals surface area contributed by atoms with Crippen molar-refractivity contribution in [3.8, 4) is 0 Å². The Kier molecular flexibility index (Phi) is 6.07. The van der Waals surface area contributed by atoms with Crippen molar-refractivity contribution in [2.24, 2.45) is 0 Å². The third-order valence-corrected chi connectivity index (χ3v) is 3.16. The summed E-state index contributed by atoms with van der Waals surface area (Å²) < 4.78 is 4.82. The van der Waals surface area contributed by atoms with Crippen LogP contribution in [-0.4, -0.2) is 50.7 Å². The third kappa shape index (κ3) is 4.62. The second-order valence-electron chi connectivity index (χ2n) is 4.74. The second-order valence-corrected chi connectivity index (χ2v) is 4.74. The summed E-state index contributed by atoms with van der Waals surface area (Å²) in [7, 11) is 1.57. The fourth-order valence-electron chi connectivity index (χ4n) is 1.96. The van der Waals surface area contributed by atoms with E-state index in [1.54, 1.807) is 7.11 Å². The first-order valence-electron chi connectivity index (χ1n) is 6.37. The summed E-state index contributed by atoms with van der Waals surface area (Å²) in [6.45, 7) is 3.67. The molecule has 6 heteroatoms. The number of ether oxygens (including phenoxy) is 1. The molecule has 3 N–H and O–H groups in total. The molecule has 0 aliphatic carbocycles. The van der Waals surface area contributed by atoms with E-state index < -0.39 is 5.54 Å². The summed E-state index contributed by atoms with van der Waals surface area (Å²) in [5.41, 5.74) is -0.537. The molecule has 1 unspecified atom stereocenters. The maximum absolute atomic E-state index is 12.0. The number of amides is 2. The highest BCUT2D eigenvalue weighted by Gasteiger charge is 2.34. The fraction of sp³-hybridized carbons (Fsp3) is 0.833. The minimum Gasteiger partial charge on any atom is -0.383 e. The van der Waals surface area contributed by atoms with E-state index in [-0.39, 0.29) is 18.4 Å². The van der Waals surface area contributed by atoms with E-state index in [0.29, 0.717) is 13.2 Å². The van der Waals surface area contributed by atoms with Crippen molar-refractivity contribution >= 4 is 11.8 Å². The summed E-state index contributed by atoms with van der Waals surface area (Å²) in [6.07, 6.45) is 2.95. The number of piperidine rings is 1. The van der Waals surface area contributed by atoms with Gasteiger partial charge in [0.2, 0.25) is 11.8 Å². The maximum atomic E-state index is 12.0. The van der Waals surface area contributed by atoms with Gasteiger partial charge in [-0.15, -0.1) is 0 Å². The highest BCUT2D eigenvalue weighted by atomic mass is 16.5. The zero-order valence-corrected chi connectivity index (χ0v) is 11.2. The Labute approximate surface area is 108 Å². The number of carbonyl (C=O) groups is 2. The molecule has 0 aromatic carbocycles. The third-order valence-electron chi connectivity index (χ3n) is 3.16. The highest BCUT2D eigenvalue weighted by Crippen LogP contribution is 2.18. The standard InChI is InChI=1S/C12H23N3O3/c1-12(5-3-4-6-15-12)11(17)14-9-10(16)13-7-8-18-2/h15H,3-9H2,1-2H3,(H,13,16)(H,14,17). The average Bonchev–Trinajstić information content (AvgIpc) is 2.37. The smallest absolute Gasteiger partial charge is 0.240 e. The topological polar surface area (TPSA) is 79.5 Å². The Morgan fingerprint density at radius 1 is 1.33 bits per heavy atom. The molecule has 0 radical (unpaired) electrons. The van der Waals surface area contributed by atoms with Crippen LogP contribution in [-0.2, 0) is 14.3 Å². The predicted molar refractivity (Wildman–Crippen MR) is 68.2 cm³/mol. The first-order valence-corrected chi connectivity index (χ1v) is 6.37. The molecule has 18 heavy (non-hydrogen) atoms. The van der Waals surface area contributed by atoms with E-state index in [0.717, 1.165) is 25.8 Å². The van der Waals surface area contributed by atoms with Crippen LogP contribution in [0.3, 0.4) is 0 Å². The molecule has 0 bridgehead atoms. The van der Waals surface area contributed by atoms with Crippen LogP contribution in [0.15, 0.2) is 0 Å². The van der Waals surface area contributed by atoms with Gasteiger partial charge in [-0.1, -0.05) is 0 Å². The van der Waals surface area contributed by atoms with E-state index >= 15 is 0 Å². The Morgan fingerprint density at radius 3 is 2.72 bits per heavy atom. The van der Waals surface area contributed by atoms with E-state index in [9.17, 15) is 9.59 Å². The van der Waals surface area contributed by atoms with Crippen LogP contribution in [0.5, 0.6) is 0 Å². The van der Waals surface area contributed by atoms with Gasteiger partial charge < -0.3 is 20.7 Å². The molecule has 1 fully saturated rings. The minimum absolute atomic E-state index is 0.0137. The Hall–Kier alpha value is -1.14. The van der Waals surface area contributed by atoms with Crippen LogP contribution in [0.25, 0.3) is 0 Å². The Bertz CT molecular complexity index is 288. The van der Waals surface area contributed by atoms with Crippen LogP contribution in [0.4, 0.5) is 0 Å². The fourth-order valence-corrected chi connectivity index (χ4v) is 1.96. The number of hydrogen-bond donors (Lipinski definition) is 3. The van der Waals surface area contributed by atoms with Crippen molar-refractivity contribution < 1.29 is 14.3 Å². The molecule has 1 aliphatic heterocycles. The van der Waals surface area contributed by atoms with Crippen molar-refractivity contribution in [2.45, 2.75) is 31.7 Å². The summed E-state index contributed by atoms with van der Waals surface area (Å²) in [5.74, 6) is -0.302. The molecule has 0 aromatic rings. The van der Waals surface area contributed by atoms with Crippen LogP contribution >= 0.6 is 0 Å². The quantitative estimate of drug-likeness (QED) is 0.555.